The van der Waals surface area contributed by atoms with E-state index in [9.17, 15) is 9.18 Å². The second-order valence-electron chi connectivity index (χ2n) is 7.36. The molecule has 1 N–H and O–H groups in total. The highest BCUT2D eigenvalue weighted by Gasteiger charge is 2.16. The number of anilines is 1. The van der Waals surface area contributed by atoms with Crippen LogP contribution in [0.15, 0.2) is 48.5 Å². The molecule has 0 spiro atoms. The number of ether oxygens (including phenoxy) is 1. The zero-order valence-electron chi connectivity index (χ0n) is 17.1. The predicted molar refractivity (Wildman–Crippen MR) is 114 cm³/mol. The van der Waals surface area contributed by atoms with Gasteiger partial charge in [0.2, 0.25) is 5.91 Å². The first-order valence-corrected chi connectivity index (χ1v) is 10.3. The maximum Gasteiger partial charge on any atom is 0.220 e. The lowest BCUT2D eigenvalue weighted by Gasteiger charge is -2.36. The lowest BCUT2D eigenvalue weighted by atomic mass is 10.1. The average Bonchev–Trinajstić information content (AvgIpc) is 2.76. The summed E-state index contributed by atoms with van der Waals surface area (Å²) in [6.07, 6.45) is 2.19. The lowest BCUT2D eigenvalue weighted by Crippen LogP contribution is -2.47. The highest BCUT2D eigenvalue weighted by molar-refractivity contribution is 5.76. The van der Waals surface area contributed by atoms with Gasteiger partial charge in [-0.1, -0.05) is 12.1 Å². The Labute approximate surface area is 172 Å². The number of piperazine rings is 1. The van der Waals surface area contributed by atoms with E-state index in [2.05, 4.69) is 15.1 Å². The summed E-state index contributed by atoms with van der Waals surface area (Å²) < 4.78 is 18.2. The summed E-state index contributed by atoms with van der Waals surface area (Å²) in [5, 5.41) is 3.02. The van der Waals surface area contributed by atoms with Crippen molar-refractivity contribution >= 4 is 11.6 Å². The maximum absolute atomic E-state index is 13.0. The molecule has 29 heavy (non-hydrogen) atoms. The molecule has 0 radical (unpaired) electrons. The predicted octanol–water partition coefficient (Wildman–Crippen LogP) is 3.10. The van der Waals surface area contributed by atoms with Gasteiger partial charge in [-0.15, -0.1) is 0 Å². The van der Waals surface area contributed by atoms with Crippen LogP contribution in [0.4, 0.5) is 10.1 Å². The van der Waals surface area contributed by atoms with Crippen LogP contribution in [0.5, 0.6) is 5.75 Å². The number of amides is 1. The van der Waals surface area contributed by atoms with E-state index < -0.39 is 0 Å². The largest absolute Gasteiger partial charge is 0.497 e. The molecular formula is C23H30FN3O2. The van der Waals surface area contributed by atoms with Crippen molar-refractivity contribution < 1.29 is 13.9 Å². The minimum absolute atomic E-state index is 0.0990. The van der Waals surface area contributed by atoms with Gasteiger partial charge >= 0.3 is 0 Å². The molecule has 2 aromatic carbocycles. The molecule has 1 aliphatic heterocycles. The lowest BCUT2D eigenvalue weighted by molar-refractivity contribution is -0.121. The quantitative estimate of drug-likeness (QED) is 0.658. The molecular weight excluding hydrogens is 369 g/mol. The molecule has 156 valence electrons. The van der Waals surface area contributed by atoms with Crippen molar-refractivity contribution in [2.75, 3.05) is 51.3 Å². The Morgan fingerprint density at radius 1 is 1.03 bits per heavy atom. The molecule has 1 amide bonds. The van der Waals surface area contributed by atoms with Crippen LogP contribution in [0, 0.1) is 5.82 Å². The molecule has 2 aromatic rings. The number of nitrogens with one attached hydrogen (secondary N) is 1. The monoisotopic (exact) mass is 399 g/mol. The van der Waals surface area contributed by atoms with Gasteiger partial charge in [0.05, 0.1) is 7.11 Å². The van der Waals surface area contributed by atoms with Crippen molar-refractivity contribution in [3.8, 4) is 5.75 Å². The number of methoxy groups -OCH3 is 1. The van der Waals surface area contributed by atoms with Crippen LogP contribution in [0.1, 0.15) is 18.4 Å². The van der Waals surface area contributed by atoms with Gasteiger partial charge in [-0.2, -0.15) is 0 Å². The van der Waals surface area contributed by atoms with Crippen molar-refractivity contribution in [3.05, 3.63) is 59.9 Å². The Morgan fingerprint density at radius 2 is 1.72 bits per heavy atom. The van der Waals surface area contributed by atoms with Crippen molar-refractivity contribution in [3.63, 3.8) is 0 Å². The molecule has 1 fully saturated rings. The van der Waals surface area contributed by atoms with Crippen molar-refractivity contribution in [1.82, 2.24) is 10.2 Å². The Balaban J connectivity index is 1.26. The third-order valence-electron chi connectivity index (χ3n) is 5.34. The van der Waals surface area contributed by atoms with Crippen molar-refractivity contribution in [1.29, 1.82) is 0 Å². The van der Waals surface area contributed by atoms with Gasteiger partial charge in [-0.05, 0) is 61.3 Å². The first-order chi connectivity index (χ1) is 14.1. The fourth-order valence-corrected chi connectivity index (χ4v) is 3.55. The minimum atomic E-state index is -0.196. The number of aryl methyl sites for hydroxylation is 1. The van der Waals surface area contributed by atoms with Gasteiger partial charge in [0.15, 0.2) is 0 Å². The molecule has 6 heteroatoms. The van der Waals surface area contributed by atoms with E-state index in [4.69, 9.17) is 4.74 Å². The Morgan fingerprint density at radius 3 is 2.38 bits per heavy atom. The molecule has 1 heterocycles. The van der Waals surface area contributed by atoms with E-state index in [0.29, 0.717) is 13.0 Å². The molecule has 0 bridgehead atoms. The van der Waals surface area contributed by atoms with Crippen molar-refractivity contribution in [2.45, 2.75) is 19.3 Å². The fourth-order valence-electron chi connectivity index (χ4n) is 3.55. The molecule has 0 atom stereocenters. The summed E-state index contributed by atoms with van der Waals surface area (Å²) in [4.78, 5) is 16.7. The molecule has 3 rings (SSSR count). The Hall–Kier alpha value is -2.60. The number of carbonyl (C=O) groups is 1. The molecule has 1 saturated heterocycles. The molecule has 0 aromatic heterocycles. The third-order valence-corrected chi connectivity index (χ3v) is 5.34. The minimum Gasteiger partial charge on any atom is -0.497 e. The first kappa shape index (κ1) is 21.1. The standard InChI is InChI=1S/C23H30FN3O2/c1-29-22-10-3-19(4-11-22)5-12-23(28)25-13-2-14-26-15-17-27(18-16-26)21-8-6-20(24)7-9-21/h3-4,6-11H,2,5,12-18H2,1H3,(H,25,28). The average molecular weight is 400 g/mol. The smallest absolute Gasteiger partial charge is 0.220 e. The second kappa shape index (κ2) is 10.8. The summed E-state index contributed by atoms with van der Waals surface area (Å²) in [5.74, 6) is 0.733. The Bertz CT molecular complexity index is 757. The van der Waals surface area contributed by atoms with Gasteiger partial charge in [-0.3, -0.25) is 9.69 Å². The zero-order valence-corrected chi connectivity index (χ0v) is 17.1. The maximum atomic E-state index is 13.0. The van der Waals surface area contributed by atoms with E-state index in [-0.39, 0.29) is 11.7 Å². The van der Waals surface area contributed by atoms with E-state index in [1.54, 1.807) is 7.11 Å². The zero-order chi connectivity index (χ0) is 20.5. The number of nitrogens with zero attached hydrogens (tertiary/aromatic N) is 2. The van der Waals surface area contributed by atoms with Gasteiger partial charge in [0.1, 0.15) is 11.6 Å². The van der Waals surface area contributed by atoms with E-state index >= 15 is 0 Å². The normalized spacial score (nSPS) is 14.6. The summed E-state index contributed by atoms with van der Waals surface area (Å²) in [6.45, 7) is 5.56. The summed E-state index contributed by atoms with van der Waals surface area (Å²) in [5.41, 5.74) is 2.22. The Kier molecular flexibility index (Phi) is 7.87. The van der Waals surface area contributed by atoms with Gasteiger partial charge in [-0.25, -0.2) is 4.39 Å². The molecule has 0 aliphatic carbocycles. The number of rotatable bonds is 9. The number of hydrogen-bond acceptors (Lipinski definition) is 4. The van der Waals surface area contributed by atoms with Crippen molar-refractivity contribution in [2.24, 2.45) is 0 Å². The fraction of sp³-hybridized carbons (Fsp3) is 0.435. The van der Waals surface area contributed by atoms with E-state index in [1.165, 1.54) is 12.1 Å². The van der Waals surface area contributed by atoms with Crippen LogP contribution in [0.25, 0.3) is 0 Å². The molecule has 1 aliphatic rings. The van der Waals surface area contributed by atoms with Crippen LogP contribution >= 0.6 is 0 Å². The number of halogens is 1. The highest BCUT2D eigenvalue weighted by atomic mass is 19.1. The van der Waals surface area contributed by atoms with E-state index in [0.717, 1.165) is 62.6 Å². The van der Waals surface area contributed by atoms with Gasteiger partial charge < -0.3 is 15.0 Å². The summed E-state index contributed by atoms with van der Waals surface area (Å²) >= 11 is 0. The topological polar surface area (TPSA) is 44.8 Å². The van der Waals surface area contributed by atoms with E-state index in [1.807, 2.05) is 36.4 Å². The third kappa shape index (κ3) is 6.75. The number of hydrogen-bond donors (Lipinski definition) is 1. The number of benzene rings is 2. The number of carbonyl (C=O) groups excluding carboxylic acids is 1. The van der Waals surface area contributed by atoms with Crippen LogP contribution < -0.4 is 15.0 Å². The summed E-state index contributed by atoms with van der Waals surface area (Å²) in [6, 6.07) is 14.5. The summed E-state index contributed by atoms with van der Waals surface area (Å²) in [7, 11) is 1.65. The SMILES string of the molecule is COc1ccc(CCC(=O)NCCCN2CCN(c3ccc(F)cc3)CC2)cc1. The van der Waals surface area contributed by atoms with Crippen LogP contribution in [0.2, 0.25) is 0 Å². The highest BCUT2D eigenvalue weighted by Crippen LogP contribution is 2.17. The van der Waals surface area contributed by atoms with Crippen LogP contribution in [0.3, 0.4) is 0 Å². The molecule has 0 unspecified atom stereocenters. The molecule has 0 saturated carbocycles. The molecule has 5 nitrogen and oxygen atoms in total. The second-order valence-corrected chi connectivity index (χ2v) is 7.36. The van der Waals surface area contributed by atoms with Crippen LogP contribution in [-0.4, -0.2) is 57.2 Å². The van der Waals surface area contributed by atoms with Gasteiger partial charge in [0, 0.05) is 44.8 Å². The first-order valence-electron chi connectivity index (χ1n) is 10.3. The van der Waals surface area contributed by atoms with Gasteiger partial charge in [0.25, 0.3) is 0 Å². The van der Waals surface area contributed by atoms with Crippen LogP contribution in [-0.2, 0) is 11.2 Å².